The molecule has 0 amide bonds. The van der Waals surface area contributed by atoms with E-state index in [2.05, 4.69) is 27.5 Å². The number of thiazole rings is 1. The van der Waals surface area contributed by atoms with E-state index in [0.717, 1.165) is 37.0 Å². The second-order valence-corrected chi connectivity index (χ2v) is 4.55. The third kappa shape index (κ3) is 3.94. The van der Waals surface area contributed by atoms with Gasteiger partial charge in [-0.1, -0.05) is 0 Å². The molecular weight excluding hydrogens is 323 g/mol. The van der Waals surface area contributed by atoms with Crippen LogP contribution in [0.3, 0.4) is 0 Å². The summed E-state index contributed by atoms with van der Waals surface area (Å²) in [7, 11) is 0. The van der Waals surface area contributed by atoms with Crippen LogP contribution in [0.1, 0.15) is 16.3 Å². The van der Waals surface area contributed by atoms with Crippen molar-refractivity contribution >= 4 is 41.3 Å². The van der Waals surface area contributed by atoms with Crippen molar-refractivity contribution < 1.29 is 0 Å². The molecule has 1 aromatic heterocycles. The predicted molar refractivity (Wildman–Crippen MR) is 74.0 cm³/mol. The smallest absolute Gasteiger partial charge is 0.191 e. The maximum atomic E-state index is 4.32. The lowest BCUT2D eigenvalue weighted by molar-refractivity contribution is 0.701. The summed E-state index contributed by atoms with van der Waals surface area (Å²) in [6.07, 6.45) is 3.03. The normalized spacial score (nSPS) is 14.9. The fourth-order valence-corrected chi connectivity index (χ4v) is 2.02. The van der Waals surface area contributed by atoms with Gasteiger partial charge in [-0.05, 0) is 13.3 Å². The number of hydrogen-bond donors (Lipinski definition) is 2. The molecule has 0 bridgehead atoms. The van der Waals surface area contributed by atoms with E-state index in [0.29, 0.717) is 0 Å². The molecule has 2 rings (SSSR count). The molecule has 2 heterocycles. The minimum Gasteiger partial charge on any atom is -0.356 e. The van der Waals surface area contributed by atoms with E-state index in [9.17, 15) is 0 Å². The molecular formula is C9H15IN4S. The number of nitrogens with zero attached hydrogens (tertiary/aromatic N) is 2. The van der Waals surface area contributed by atoms with Crippen LogP contribution in [0.15, 0.2) is 11.2 Å². The number of guanidine groups is 1. The van der Waals surface area contributed by atoms with Gasteiger partial charge in [0.15, 0.2) is 5.96 Å². The quantitative estimate of drug-likeness (QED) is 0.804. The molecule has 0 unspecified atom stereocenters. The van der Waals surface area contributed by atoms with Crippen LogP contribution in [0.25, 0.3) is 0 Å². The van der Waals surface area contributed by atoms with Gasteiger partial charge in [0.05, 0.1) is 6.54 Å². The minimum absolute atomic E-state index is 0. The lowest BCUT2D eigenvalue weighted by Crippen LogP contribution is -2.40. The molecule has 0 radical (unpaired) electrons. The average Bonchev–Trinajstić information content (AvgIpc) is 2.63. The van der Waals surface area contributed by atoms with E-state index < -0.39 is 0 Å². The van der Waals surface area contributed by atoms with Gasteiger partial charge in [-0.15, -0.1) is 35.3 Å². The molecule has 0 spiro atoms. The number of halogens is 1. The fraction of sp³-hybridized carbons (Fsp3) is 0.556. The van der Waals surface area contributed by atoms with Crippen LogP contribution in [0.5, 0.6) is 0 Å². The summed E-state index contributed by atoms with van der Waals surface area (Å²) in [6, 6.07) is 0. The third-order valence-electron chi connectivity index (χ3n) is 1.97. The predicted octanol–water partition coefficient (Wildman–Crippen LogP) is 1.51. The molecule has 0 aliphatic carbocycles. The molecule has 1 aliphatic heterocycles. The molecule has 0 aromatic carbocycles. The van der Waals surface area contributed by atoms with Gasteiger partial charge in [-0.2, -0.15) is 0 Å². The Bertz CT molecular complexity index is 337. The summed E-state index contributed by atoms with van der Waals surface area (Å²) >= 11 is 1.72. The second-order valence-electron chi connectivity index (χ2n) is 3.23. The van der Waals surface area contributed by atoms with E-state index >= 15 is 0 Å². The van der Waals surface area contributed by atoms with E-state index in [1.54, 1.807) is 11.3 Å². The first-order valence-electron chi connectivity index (χ1n) is 4.78. The molecule has 4 nitrogen and oxygen atoms in total. The molecule has 84 valence electrons. The Balaban J connectivity index is 0.00000112. The van der Waals surface area contributed by atoms with Crippen molar-refractivity contribution in [2.75, 3.05) is 13.1 Å². The second kappa shape index (κ2) is 6.26. The van der Waals surface area contributed by atoms with Crippen molar-refractivity contribution in [2.24, 2.45) is 4.99 Å². The molecule has 0 saturated heterocycles. The number of aliphatic imine (C=N–C) groups is 1. The first-order valence-corrected chi connectivity index (χ1v) is 5.60. The van der Waals surface area contributed by atoms with Crippen molar-refractivity contribution in [1.82, 2.24) is 15.6 Å². The standard InChI is InChI=1S/C9H14N4S.HI/c1-7-5-12-8(14-7)6-13-9-10-3-2-4-11-9;/h5H,2-4,6H2,1H3,(H2,10,11,13);1H. The summed E-state index contributed by atoms with van der Waals surface area (Å²) in [5, 5.41) is 7.56. The Morgan fingerprint density at radius 3 is 3.07 bits per heavy atom. The number of nitrogens with one attached hydrogen (secondary N) is 2. The summed E-state index contributed by atoms with van der Waals surface area (Å²) in [5.74, 6) is 0.907. The molecule has 0 fully saturated rings. The highest BCUT2D eigenvalue weighted by molar-refractivity contribution is 14.0. The topological polar surface area (TPSA) is 49.3 Å². The van der Waals surface area contributed by atoms with E-state index in [1.807, 2.05) is 6.20 Å². The lowest BCUT2D eigenvalue weighted by atomic mass is 10.4. The molecule has 2 N–H and O–H groups in total. The van der Waals surface area contributed by atoms with Crippen LogP contribution < -0.4 is 10.6 Å². The Morgan fingerprint density at radius 2 is 2.47 bits per heavy atom. The van der Waals surface area contributed by atoms with Gasteiger partial charge in [-0.25, -0.2) is 4.98 Å². The van der Waals surface area contributed by atoms with Gasteiger partial charge >= 0.3 is 0 Å². The monoisotopic (exact) mass is 338 g/mol. The van der Waals surface area contributed by atoms with Crippen LogP contribution >= 0.6 is 35.3 Å². The van der Waals surface area contributed by atoms with Gasteiger partial charge in [0.1, 0.15) is 5.01 Å². The van der Waals surface area contributed by atoms with Gasteiger partial charge < -0.3 is 10.6 Å². The average molecular weight is 338 g/mol. The number of hydrogen-bond acceptors (Lipinski definition) is 5. The summed E-state index contributed by atoms with van der Waals surface area (Å²) in [6.45, 7) is 4.77. The van der Waals surface area contributed by atoms with Gasteiger partial charge in [0.25, 0.3) is 0 Å². The summed E-state index contributed by atoms with van der Waals surface area (Å²) in [4.78, 5) is 9.85. The fourth-order valence-electron chi connectivity index (χ4n) is 1.29. The first-order chi connectivity index (χ1) is 6.84. The van der Waals surface area contributed by atoms with Crippen molar-refractivity contribution in [3.8, 4) is 0 Å². The third-order valence-corrected chi connectivity index (χ3v) is 2.89. The molecule has 0 saturated carbocycles. The Labute approximate surface area is 111 Å². The lowest BCUT2D eigenvalue weighted by Gasteiger charge is -2.14. The van der Waals surface area contributed by atoms with Crippen LogP contribution in [-0.4, -0.2) is 24.0 Å². The highest BCUT2D eigenvalue weighted by Crippen LogP contribution is 2.10. The zero-order valence-electron chi connectivity index (χ0n) is 8.62. The maximum absolute atomic E-state index is 4.32. The van der Waals surface area contributed by atoms with E-state index in [4.69, 9.17) is 0 Å². The van der Waals surface area contributed by atoms with Crippen LogP contribution in [0, 0.1) is 6.92 Å². The molecule has 6 heteroatoms. The highest BCUT2D eigenvalue weighted by Gasteiger charge is 2.04. The van der Waals surface area contributed by atoms with Crippen molar-refractivity contribution in [1.29, 1.82) is 0 Å². The highest BCUT2D eigenvalue weighted by atomic mass is 127. The minimum atomic E-state index is 0. The largest absolute Gasteiger partial charge is 0.356 e. The van der Waals surface area contributed by atoms with Crippen LogP contribution in [-0.2, 0) is 6.54 Å². The summed E-state index contributed by atoms with van der Waals surface area (Å²) < 4.78 is 0. The zero-order chi connectivity index (χ0) is 9.80. The molecule has 1 aliphatic rings. The zero-order valence-corrected chi connectivity index (χ0v) is 11.8. The van der Waals surface area contributed by atoms with E-state index in [-0.39, 0.29) is 24.0 Å². The van der Waals surface area contributed by atoms with Crippen molar-refractivity contribution in [2.45, 2.75) is 19.9 Å². The number of rotatable bonds is 2. The van der Waals surface area contributed by atoms with Gasteiger partial charge in [0.2, 0.25) is 0 Å². The molecule has 0 atom stereocenters. The van der Waals surface area contributed by atoms with Crippen LogP contribution in [0.2, 0.25) is 0 Å². The maximum Gasteiger partial charge on any atom is 0.191 e. The summed E-state index contributed by atoms with van der Waals surface area (Å²) in [5.41, 5.74) is 0. The molecule has 15 heavy (non-hydrogen) atoms. The van der Waals surface area contributed by atoms with Crippen molar-refractivity contribution in [3.05, 3.63) is 16.1 Å². The Kier molecular flexibility index (Phi) is 5.30. The number of aromatic nitrogens is 1. The van der Waals surface area contributed by atoms with Gasteiger partial charge in [0, 0.05) is 24.2 Å². The van der Waals surface area contributed by atoms with Crippen LogP contribution in [0.4, 0.5) is 0 Å². The van der Waals surface area contributed by atoms with Crippen molar-refractivity contribution in [3.63, 3.8) is 0 Å². The Morgan fingerprint density at radius 1 is 1.60 bits per heavy atom. The molecule has 1 aromatic rings. The number of aryl methyl sites for hydroxylation is 1. The SMILES string of the molecule is Cc1cnc(CNC2=NCCCN2)s1.I. The van der Waals surface area contributed by atoms with E-state index in [1.165, 1.54) is 4.88 Å². The van der Waals surface area contributed by atoms with Gasteiger partial charge in [-0.3, -0.25) is 4.99 Å². The first kappa shape index (κ1) is 12.7. The Hall–Kier alpha value is -0.370.